The Morgan fingerprint density at radius 2 is 1.77 bits per heavy atom. The topological polar surface area (TPSA) is 128 Å². The summed E-state index contributed by atoms with van der Waals surface area (Å²) in [4.78, 5) is 32.2. The van der Waals surface area contributed by atoms with Crippen molar-refractivity contribution in [2.75, 3.05) is 5.75 Å². The number of para-hydroxylation sites is 1. The number of carbonyl (C=O) groups is 1. The fourth-order valence-corrected chi connectivity index (χ4v) is 2.72. The molecule has 0 fully saturated rings. The average molecular weight is 374 g/mol. The second-order valence-electron chi connectivity index (χ2n) is 5.03. The highest BCUT2D eigenvalue weighted by atomic mass is 32.2. The number of nitrogens with one attached hydrogen (secondary N) is 1. The van der Waals surface area contributed by atoms with Gasteiger partial charge in [-0.05, 0) is 11.6 Å². The third kappa shape index (κ3) is 5.67. The van der Waals surface area contributed by atoms with Crippen LogP contribution < -0.4 is 5.43 Å². The highest BCUT2D eigenvalue weighted by Gasteiger charge is 2.10. The molecule has 26 heavy (non-hydrogen) atoms. The Hall–Kier alpha value is -3.27. The van der Waals surface area contributed by atoms with Gasteiger partial charge in [-0.1, -0.05) is 24.3 Å². The molecule has 9 nitrogen and oxygen atoms in total. The van der Waals surface area contributed by atoms with Crippen molar-refractivity contribution >= 4 is 35.3 Å². The average Bonchev–Trinajstić information content (AvgIpc) is 2.62. The first-order valence-corrected chi connectivity index (χ1v) is 8.49. The second kappa shape index (κ2) is 9.28. The Labute approximate surface area is 152 Å². The maximum absolute atomic E-state index is 11.7. The number of rotatable bonds is 8. The van der Waals surface area contributed by atoms with Gasteiger partial charge in [-0.15, -0.1) is 11.8 Å². The predicted molar refractivity (Wildman–Crippen MR) is 98.1 cm³/mol. The summed E-state index contributed by atoms with van der Waals surface area (Å²) in [5.41, 5.74) is 3.37. The minimum Gasteiger partial charge on any atom is -0.272 e. The lowest BCUT2D eigenvalue weighted by Crippen LogP contribution is -2.19. The number of thioether (sulfide) groups is 1. The summed E-state index contributed by atoms with van der Waals surface area (Å²) in [5.74, 6) is 0.288. The second-order valence-corrected chi connectivity index (χ2v) is 6.01. The van der Waals surface area contributed by atoms with Gasteiger partial charge in [0, 0.05) is 24.0 Å². The summed E-state index contributed by atoms with van der Waals surface area (Å²) in [7, 11) is 0. The molecule has 0 saturated heterocycles. The highest BCUT2D eigenvalue weighted by Crippen LogP contribution is 2.17. The van der Waals surface area contributed by atoms with Crippen LogP contribution in [0.15, 0.2) is 53.6 Å². The quantitative estimate of drug-likeness (QED) is 0.430. The highest BCUT2D eigenvalue weighted by molar-refractivity contribution is 7.99. The van der Waals surface area contributed by atoms with Crippen LogP contribution >= 0.6 is 11.8 Å². The molecule has 0 heterocycles. The number of nitro benzene ring substituents is 2. The Morgan fingerprint density at radius 1 is 1.08 bits per heavy atom. The van der Waals surface area contributed by atoms with Crippen LogP contribution in [0.4, 0.5) is 11.4 Å². The fourth-order valence-electron chi connectivity index (χ4n) is 1.94. The van der Waals surface area contributed by atoms with E-state index in [1.54, 1.807) is 24.3 Å². The van der Waals surface area contributed by atoms with Gasteiger partial charge in [0.05, 0.1) is 27.4 Å². The van der Waals surface area contributed by atoms with E-state index in [1.165, 1.54) is 42.2 Å². The van der Waals surface area contributed by atoms with Crippen LogP contribution in [-0.4, -0.2) is 27.7 Å². The molecule has 0 unspecified atom stereocenters. The monoisotopic (exact) mass is 374 g/mol. The first-order chi connectivity index (χ1) is 12.5. The summed E-state index contributed by atoms with van der Waals surface area (Å²) in [6.45, 7) is 0. The van der Waals surface area contributed by atoms with Crippen LogP contribution in [0.1, 0.15) is 11.1 Å². The van der Waals surface area contributed by atoms with Gasteiger partial charge in [-0.3, -0.25) is 25.0 Å². The van der Waals surface area contributed by atoms with E-state index >= 15 is 0 Å². The number of nitrogens with zero attached hydrogens (tertiary/aromatic N) is 3. The zero-order chi connectivity index (χ0) is 18.9. The van der Waals surface area contributed by atoms with Crippen molar-refractivity contribution in [3.8, 4) is 0 Å². The van der Waals surface area contributed by atoms with E-state index in [0.29, 0.717) is 5.75 Å². The van der Waals surface area contributed by atoms with Crippen molar-refractivity contribution in [3.63, 3.8) is 0 Å². The first-order valence-electron chi connectivity index (χ1n) is 7.34. The number of non-ortho nitro benzene ring substituents is 1. The zero-order valence-corrected chi connectivity index (χ0v) is 14.2. The van der Waals surface area contributed by atoms with E-state index in [9.17, 15) is 25.0 Å². The van der Waals surface area contributed by atoms with Crippen molar-refractivity contribution in [2.45, 2.75) is 5.75 Å². The van der Waals surface area contributed by atoms with E-state index in [-0.39, 0.29) is 28.6 Å². The van der Waals surface area contributed by atoms with Gasteiger partial charge in [0.15, 0.2) is 0 Å². The van der Waals surface area contributed by atoms with Crippen LogP contribution in [0.25, 0.3) is 0 Å². The van der Waals surface area contributed by atoms with Gasteiger partial charge in [-0.25, -0.2) is 5.43 Å². The summed E-state index contributed by atoms with van der Waals surface area (Å²) < 4.78 is 0. The summed E-state index contributed by atoms with van der Waals surface area (Å²) >= 11 is 1.32. The van der Waals surface area contributed by atoms with Gasteiger partial charge in [-0.2, -0.15) is 5.10 Å². The first kappa shape index (κ1) is 19.1. The molecule has 2 rings (SSSR count). The summed E-state index contributed by atoms with van der Waals surface area (Å²) in [5, 5.41) is 25.2. The van der Waals surface area contributed by atoms with E-state index in [1.807, 2.05) is 0 Å². The molecule has 0 saturated carbocycles. The van der Waals surface area contributed by atoms with Crippen LogP contribution in [0.5, 0.6) is 0 Å². The Kier molecular flexibility index (Phi) is 6.80. The SMILES string of the molecule is O=C(CSCc1ccc([N+](=O)[O-])cc1)NN=Cc1ccccc1[N+](=O)[O-]. The predicted octanol–water partition coefficient (Wildman–Crippen LogP) is 2.89. The third-order valence-electron chi connectivity index (χ3n) is 3.18. The smallest absolute Gasteiger partial charge is 0.272 e. The van der Waals surface area contributed by atoms with Gasteiger partial charge in [0.25, 0.3) is 11.4 Å². The molecule has 0 spiro atoms. The van der Waals surface area contributed by atoms with Gasteiger partial charge in [0.2, 0.25) is 5.91 Å². The van der Waals surface area contributed by atoms with Crippen molar-refractivity contribution in [1.29, 1.82) is 0 Å². The van der Waals surface area contributed by atoms with Crippen LogP contribution in [0.3, 0.4) is 0 Å². The van der Waals surface area contributed by atoms with Gasteiger partial charge >= 0.3 is 0 Å². The Balaban J connectivity index is 1.79. The fraction of sp³-hybridized carbons (Fsp3) is 0.125. The maximum Gasteiger partial charge on any atom is 0.278 e. The molecule has 2 aromatic carbocycles. The van der Waals surface area contributed by atoms with Gasteiger partial charge < -0.3 is 0 Å². The molecule has 0 atom stereocenters. The largest absolute Gasteiger partial charge is 0.278 e. The number of nitro groups is 2. The van der Waals surface area contributed by atoms with Crippen molar-refractivity contribution in [2.24, 2.45) is 5.10 Å². The molecule has 1 amide bonds. The van der Waals surface area contributed by atoms with Crippen molar-refractivity contribution < 1.29 is 14.6 Å². The Morgan fingerprint density at radius 3 is 2.42 bits per heavy atom. The molecule has 0 aliphatic rings. The molecule has 0 bridgehead atoms. The van der Waals surface area contributed by atoms with Crippen molar-refractivity contribution in [1.82, 2.24) is 5.43 Å². The molecule has 0 aromatic heterocycles. The molecule has 0 aliphatic heterocycles. The number of hydrogen-bond donors (Lipinski definition) is 1. The normalized spacial score (nSPS) is 10.6. The van der Waals surface area contributed by atoms with Gasteiger partial charge in [0.1, 0.15) is 0 Å². The number of carbonyl (C=O) groups excluding carboxylic acids is 1. The lowest BCUT2D eigenvalue weighted by Gasteiger charge is -2.02. The molecule has 134 valence electrons. The van der Waals surface area contributed by atoms with E-state index in [4.69, 9.17) is 0 Å². The maximum atomic E-state index is 11.7. The molecular formula is C16H14N4O5S. The van der Waals surface area contributed by atoms with Crippen molar-refractivity contribution in [3.05, 3.63) is 79.9 Å². The van der Waals surface area contributed by atoms with Crippen LogP contribution in [-0.2, 0) is 10.5 Å². The van der Waals surface area contributed by atoms with Crippen LogP contribution in [0.2, 0.25) is 0 Å². The van der Waals surface area contributed by atoms with Crippen LogP contribution in [0, 0.1) is 20.2 Å². The number of amides is 1. The summed E-state index contributed by atoms with van der Waals surface area (Å²) in [6.07, 6.45) is 1.22. The number of hydrogen-bond acceptors (Lipinski definition) is 7. The summed E-state index contributed by atoms with van der Waals surface area (Å²) in [6, 6.07) is 12.1. The molecule has 0 aliphatic carbocycles. The van der Waals surface area contributed by atoms with E-state index < -0.39 is 9.85 Å². The number of hydrazone groups is 1. The van der Waals surface area contributed by atoms with E-state index in [0.717, 1.165) is 5.56 Å². The minimum atomic E-state index is -0.525. The van der Waals surface area contributed by atoms with E-state index in [2.05, 4.69) is 10.5 Å². The lowest BCUT2D eigenvalue weighted by molar-refractivity contribution is -0.385. The molecular weight excluding hydrogens is 360 g/mol. The molecule has 1 N–H and O–H groups in total. The minimum absolute atomic E-state index is 0.0147. The Bertz CT molecular complexity index is 839. The number of benzene rings is 2. The molecule has 0 radical (unpaired) electrons. The lowest BCUT2D eigenvalue weighted by atomic mass is 10.2. The zero-order valence-electron chi connectivity index (χ0n) is 13.4. The molecule has 10 heteroatoms. The molecule has 2 aromatic rings. The standard InChI is InChI=1S/C16H14N4O5S/c21-16(11-26-10-12-5-7-14(8-6-12)19(22)23)18-17-9-13-3-1-2-4-15(13)20(24)25/h1-9H,10-11H2,(H,18,21). The third-order valence-corrected chi connectivity index (χ3v) is 4.18.